The van der Waals surface area contributed by atoms with Gasteiger partial charge in [0, 0.05) is 7.05 Å². The van der Waals surface area contributed by atoms with Crippen LogP contribution in [0.3, 0.4) is 0 Å². The highest BCUT2D eigenvalue weighted by Gasteiger charge is 2.18. The van der Waals surface area contributed by atoms with E-state index in [0.717, 1.165) is 11.3 Å². The lowest BCUT2D eigenvalue weighted by atomic mass is 10.1. The van der Waals surface area contributed by atoms with Gasteiger partial charge in [-0.3, -0.25) is 9.63 Å². The van der Waals surface area contributed by atoms with Gasteiger partial charge in [-0.25, -0.2) is 5.06 Å². The molecule has 1 aromatic rings. The van der Waals surface area contributed by atoms with Gasteiger partial charge < -0.3 is 4.74 Å². The minimum Gasteiger partial charge on any atom is -0.497 e. The number of likely N-dealkylation sites (N-methyl/N-ethyl adjacent to an activating group) is 1. The maximum Gasteiger partial charge on any atom is 0.250 e. The van der Waals surface area contributed by atoms with Gasteiger partial charge in [0.2, 0.25) is 5.91 Å². The molecule has 1 aromatic carbocycles. The van der Waals surface area contributed by atoms with Crippen LogP contribution < -0.4 is 4.74 Å². The number of hydrogen-bond donors (Lipinski definition) is 0. The Morgan fingerprint density at radius 1 is 1.22 bits per heavy atom. The Bertz CT molecular complexity index is 392. The van der Waals surface area contributed by atoms with Crippen molar-refractivity contribution in [2.45, 2.75) is 32.8 Å². The molecule has 18 heavy (non-hydrogen) atoms. The lowest BCUT2D eigenvalue weighted by molar-refractivity contribution is -0.216. The molecule has 0 fully saturated rings. The summed E-state index contributed by atoms with van der Waals surface area (Å²) >= 11 is 0. The second kappa shape index (κ2) is 5.87. The Hall–Kier alpha value is -1.55. The highest BCUT2D eigenvalue weighted by atomic mass is 16.7. The molecule has 0 N–H and O–H groups in total. The second-order valence-corrected chi connectivity index (χ2v) is 5.12. The Balaban J connectivity index is 2.58. The third-order valence-corrected chi connectivity index (χ3v) is 2.28. The van der Waals surface area contributed by atoms with Crippen molar-refractivity contribution in [2.75, 3.05) is 14.2 Å². The summed E-state index contributed by atoms with van der Waals surface area (Å²) < 4.78 is 5.07. The minimum absolute atomic E-state index is 0.0740. The molecule has 4 nitrogen and oxygen atoms in total. The number of amides is 1. The maximum atomic E-state index is 11.9. The Morgan fingerprint density at radius 2 is 1.78 bits per heavy atom. The van der Waals surface area contributed by atoms with Crippen molar-refractivity contribution >= 4 is 5.91 Å². The highest BCUT2D eigenvalue weighted by molar-refractivity contribution is 5.77. The molecule has 0 bridgehead atoms. The summed E-state index contributed by atoms with van der Waals surface area (Å²) in [5, 5.41) is 1.30. The third kappa shape index (κ3) is 4.75. The fourth-order valence-corrected chi connectivity index (χ4v) is 1.49. The Kier molecular flexibility index (Phi) is 4.73. The first-order chi connectivity index (χ1) is 8.31. The zero-order valence-electron chi connectivity index (χ0n) is 11.7. The molecule has 0 aliphatic heterocycles. The normalized spacial score (nSPS) is 11.2. The topological polar surface area (TPSA) is 38.8 Å². The molecule has 1 amide bonds. The molecule has 100 valence electrons. The summed E-state index contributed by atoms with van der Waals surface area (Å²) in [4.78, 5) is 17.4. The molecule has 0 spiro atoms. The number of hydrogen-bond acceptors (Lipinski definition) is 3. The van der Waals surface area contributed by atoms with Crippen molar-refractivity contribution in [3.05, 3.63) is 29.8 Å². The number of carbonyl (C=O) groups excluding carboxylic acids is 1. The van der Waals surface area contributed by atoms with Crippen molar-refractivity contribution in [1.29, 1.82) is 0 Å². The summed E-state index contributed by atoms with van der Waals surface area (Å²) in [5.41, 5.74) is 0.565. The van der Waals surface area contributed by atoms with Crippen LogP contribution in [-0.4, -0.2) is 30.7 Å². The zero-order chi connectivity index (χ0) is 13.8. The number of nitrogens with zero attached hydrogens (tertiary/aromatic N) is 1. The lowest BCUT2D eigenvalue weighted by Crippen LogP contribution is -2.36. The first-order valence-corrected chi connectivity index (χ1v) is 5.90. The van der Waals surface area contributed by atoms with E-state index in [4.69, 9.17) is 9.57 Å². The van der Waals surface area contributed by atoms with Gasteiger partial charge >= 0.3 is 0 Å². The van der Waals surface area contributed by atoms with Crippen molar-refractivity contribution < 1.29 is 14.4 Å². The van der Waals surface area contributed by atoms with E-state index in [1.807, 2.05) is 45.0 Å². The smallest absolute Gasteiger partial charge is 0.250 e. The van der Waals surface area contributed by atoms with Crippen LogP contribution >= 0.6 is 0 Å². The van der Waals surface area contributed by atoms with Crippen LogP contribution in [0.2, 0.25) is 0 Å². The number of carbonyl (C=O) groups is 1. The lowest BCUT2D eigenvalue weighted by Gasteiger charge is -2.26. The summed E-state index contributed by atoms with van der Waals surface area (Å²) in [7, 11) is 3.25. The van der Waals surface area contributed by atoms with E-state index in [-0.39, 0.29) is 11.5 Å². The highest BCUT2D eigenvalue weighted by Crippen LogP contribution is 2.14. The minimum atomic E-state index is -0.371. The van der Waals surface area contributed by atoms with E-state index in [9.17, 15) is 4.79 Å². The van der Waals surface area contributed by atoms with Crippen molar-refractivity contribution in [2.24, 2.45) is 0 Å². The summed E-state index contributed by atoms with van der Waals surface area (Å²) in [6.45, 7) is 5.72. The van der Waals surface area contributed by atoms with Gasteiger partial charge in [0.15, 0.2) is 0 Å². The van der Waals surface area contributed by atoms with E-state index in [1.165, 1.54) is 5.06 Å². The summed E-state index contributed by atoms with van der Waals surface area (Å²) in [5.74, 6) is 0.709. The summed E-state index contributed by atoms with van der Waals surface area (Å²) in [6.07, 6.45) is 0.316. The zero-order valence-corrected chi connectivity index (χ0v) is 11.7. The van der Waals surface area contributed by atoms with Crippen LogP contribution in [0.15, 0.2) is 24.3 Å². The van der Waals surface area contributed by atoms with Gasteiger partial charge in [0.05, 0.1) is 19.1 Å². The molecule has 0 aromatic heterocycles. The molecule has 0 radical (unpaired) electrons. The van der Waals surface area contributed by atoms with Gasteiger partial charge in [-0.1, -0.05) is 12.1 Å². The quantitative estimate of drug-likeness (QED) is 0.771. The van der Waals surface area contributed by atoms with Crippen LogP contribution in [-0.2, 0) is 16.1 Å². The molecule has 0 unspecified atom stereocenters. The van der Waals surface area contributed by atoms with Crippen molar-refractivity contribution in [1.82, 2.24) is 5.06 Å². The molecule has 4 heteroatoms. The largest absolute Gasteiger partial charge is 0.497 e. The SMILES string of the molecule is COc1ccc(CC(=O)N(C)OC(C)(C)C)cc1. The predicted octanol–water partition coefficient (Wildman–Crippen LogP) is 2.43. The maximum absolute atomic E-state index is 11.9. The Morgan fingerprint density at radius 3 is 2.22 bits per heavy atom. The second-order valence-electron chi connectivity index (χ2n) is 5.12. The van der Waals surface area contributed by atoms with Gasteiger partial charge in [-0.05, 0) is 38.5 Å². The van der Waals surface area contributed by atoms with Crippen LogP contribution in [0.25, 0.3) is 0 Å². The number of rotatable bonds is 4. The average Bonchev–Trinajstić information content (AvgIpc) is 2.27. The van der Waals surface area contributed by atoms with Crippen molar-refractivity contribution in [3.8, 4) is 5.75 Å². The van der Waals surface area contributed by atoms with Crippen LogP contribution in [0, 0.1) is 0 Å². The molecule has 0 saturated carbocycles. The standard InChI is InChI=1S/C14H21NO3/c1-14(2,3)18-15(4)13(16)10-11-6-8-12(17-5)9-7-11/h6-9H,10H2,1-5H3. The molecular weight excluding hydrogens is 230 g/mol. The third-order valence-electron chi connectivity index (χ3n) is 2.28. The molecule has 0 heterocycles. The predicted molar refractivity (Wildman–Crippen MR) is 70.3 cm³/mol. The van der Waals surface area contributed by atoms with Crippen LogP contribution in [0.1, 0.15) is 26.3 Å². The average molecular weight is 251 g/mol. The molecule has 0 aliphatic rings. The van der Waals surface area contributed by atoms with E-state index in [1.54, 1.807) is 14.2 Å². The molecule has 1 rings (SSSR count). The van der Waals surface area contributed by atoms with E-state index in [0.29, 0.717) is 6.42 Å². The van der Waals surface area contributed by atoms with Gasteiger partial charge in [-0.15, -0.1) is 0 Å². The monoisotopic (exact) mass is 251 g/mol. The number of ether oxygens (including phenoxy) is 1. The Labute approximate surface area is 108 Å². The van der Waals surface area contributed by atoms with Gasteiger partial charge in [-0.2, -0.15) is 0 Å². The number of methoxy groups -OCH3 is 1. The number of hydroxylamine groups is 2. The fraction of sp³-hybridized carbons (Fsp3) is 0.500. The van der Waals surface area contributed by atoms with E-state index >= 15 is 0 Å². The number of benzene rings is 1. The van der Waals surface area contributed by atoms with Crippen LogP contribution in [0.5, 0.6) is 5.75 Å². The van der Waals surface area contributed by atoms with Crippen LogP contribution in [0.4, 0.5) is 0 Å². The van der Waals surface area contributed by atoms with Crippen molar-refractivity contribution in [3.63, 3.8) is 0 Å². The summed E-state index contributed by atoms with van der Waals surface area (Å²) in [6, 6.07) is 7.43. The first-order valence-electron chi connectivity index (χ1n) is 5.90. The molecule has 0 aliphatic carbocycles. The fourth-order valence-electron chi connectivity index (χ4n) is 1.49. The first kappa shape index (κ1) is 14.5. The van der Waals surface area contributed by atoms with E-state index in [2.05, 4.69) is 0 Å². The molecule has 0 atom stereocenters. The van der Waals surface area contributed by atoms with Gasteiger partial charge in [0.1, 0.15) is 5.75 Å². The molecule has 0 saturated heterocycles. The van der Waals surface area contributed by atoms with E-state index < -0.39 is 0 Å². The molecular formula is C14H21NO3. The van der Waals surface area contributed by atoms with Gasteiger partial charge in [0.25, 0.3) is 0 Å².